The number of furan rings is 1. The van der Waals surface area contributed by atoms with Gasteiger partial charge >= 0.3 is 0 Å². The van der Waals surface area contributed by atoms with Crippen LogP contribution < -0.4 is 9.64 Å². The lowest BCUT2D eigenvalue weighted by molar-refractivity contribution is -0.132. The summed E-state index contributed by atoms with van der Waals surface area (Å²) in [7, 11) is 0. The Morgan fingerprint density at radius 1 is 1.06 bits per heavy atom. The Hall–Kier alpha value is -3.80. The minimum absolute atomic E-state index is 0.00802. The number of carbonyl (C=O) groups excluding carboxylic acids is 2. The Bertz CT molecular complexity index is 1160. The fraction of sp³-hybridized carbons (Fsp3) is 0.231. The first kappa shape index (κ1) is 21.4. The van der Waals surface area contributed by atoms with Gasteiger partial charge in [0, 0.05) is 11.3 Å². The fourth-order valence-electron chi connectivity index (χ4n) is 3.99. The Balaban J connectivity index is 1.83. The monoisotopic (exact) mass is 431 g/mol. The number of aryl methyl sites for hydroxylation is 2. The van der Waals surface area contributed by atoms with Gasteiger partial charge in [-0.05, 0) is 79.9 Å². The van der Waals surface area contributed by atoms with Gasteiger partial charge in [0.15, 0.2) is 0 Å². The molecule has 32 heavy (non-hydrogen) atoms. The number of aliphatic hydroxyl groups is 1. The lowest BCUT2D eigenvalue weighted by Crippen LogP contribution is -2.29. The molecule has 0 aliphatic carbocycles. The molecule has 1 aliphatic rings. The molecule has 0 saturated carbocycles. The zero-order valence-corrected chi connectivity index (χ0v) is 18.3. The normalized spacial score (nSPS) is 17.7. The van der Waals surface area contributed by atoms with Gasteiger partial charge in [0.25, 0.3) is 11.7 Å². The average Bonchev–Trinajstić information content (AvgIpc) is 3.38. The minimum atomic E-state index is -0.873. The number of Topliss-reactive ketones (excluding diaryl/α,β-unsaturated/α-hetero) is 1. The lowest BCUT2D eigenvalue weighted by atomic mass is 9.99. The summed E-state index contributed by atoms with van der Waals surface area (Å²) in [4.78, 5) is 27.6. The number of ether oxygens (including phenoxy) is 1. The Morgan fingerprint density at radius 2 is 1.75 bits per heavy atom. The maximum atomic E-state index is 13.1. The van der Waals surface area contributed by atoms with Crippen LogP contribution in [-0.2, 0) is 9.59 Å². The SMILES string of the molecule is CCCOc1ccc(/C(O)=C2/C(=O)C(=O)N(c3cc(C)cc(C)c3)C2c2ccco2)cc1. The summed E-state index contributed by atoms with van der Waals surface area (Å²) >= 11 is 0. The number of hydrogen-bond donors (Lipinski definition) is 1. The average molecular weight is 431 g/mol. The second-order valence-corrected chi connectivity index (χ2v) is 7.90. The summed E-state index contributed by atoms with van der Waals surface area (Å²) < 4.78 is 11.2. The van der Waals surface area contributed by atoms with E-state index in [4.69, 9.17) is 9.15 Å². The number of carbonyl (C=O) groups is 2. The Morgan fingerprint density at radius 3 is 2.34 bits per heavy atom. The Labute approximate surface area is 186 Å². The maximum absolute atomic E-state index is 13.1. The predicted molar refractivity (Wildman–Crippen MR) is 122 cm³/mol. The van der Waals surface area contributed by atoms with Gasteiger partial charge in [0.2, 0.25) is 0 Å². The summed E-state index contributed by atoms with van der Waals surface area (Å²) in [5.74, 6) is -0.650. The predicted octanol–water partition coefficient (Wildman–Crippen LogP) is 5.31. The van der Waals surface area contributed by atoms with Crippen LogP contribution in [0.4, 0.5) is 5.69 Å². The van der Waals surface area contributed by atoms with Crippen molar-refractivity contribution in [1.82, 2.24) is 0 Å². The van der Waals surface area contributed by atoms with E-state index in [1.165, 1.54) is 11.2 Å². The van der Waals surface area contributed by atoms with Crippen molar-refractivity contribution in [2.45, 2.75) is 33.2 Å². The highest BCUT2D eigenvalue weighted by atomic mass is 16.5. The van der Waals surface area contributed by atoms with Crippen molar-refractivity contribution in [3.63, 3.8) is 0 Å². The number of rotatable bonds is 6. The summed E-state index contributed by atoms with van der Waals surface area (Å²) in [6.45, 7) is 6.46. The van der Waals surface area contributed by atoms with Crippen LogP contribution in [0.1, 0.15) is 41.8 Å². The van der Waals surface area contributed by atoms with Gasteiger partial charge in [-0.3, -0.25) is 14.5 Å². The fourth-order valence-corrected chi connectivity index (χ4v) is 3.99. The third-order valence-corrected chi connectivity index (χ3v) is 5.34. The maximum Gasteiger partial charge on any atom is 0.300 e. The molecular formula is C26H25NO5. The molecule has 1 aliphatic heterocycles. The highest BCUT2D eigenvalue weighted by molar-refractivity contribution is 6.51. The van der Waals surface area contributed by atoms with Crippen LogP contribution in [0.25, 0.3) is 5.76 Å². The number of hydrogen-bond acceptors (Lipinski definition) is 5. The van der Waals surface area contributed by atoms with E-state index in [1.807, 2.05) is 39.0 Å². The molecule has 2 aromatic carbocycles. The van der Waals surface area contributed by atoms with Crippen molar-refractivity contribution < 1.29 is 23.8 Å². The van der Waals surface area contributed by atoms with Crippen molar-refractivity contribution in [1.29, 1.82) is 0 Å². The van der Waals surface area contributed by atoms with Crippen LogP contribution in [0.2, 0.25) is 0 Å². The topological polar surface area (TPSA) is 80.0 Å². The van der Waals surface area contributed by atoms with E-state index < -0.39 is 17.7 Å². The van der Waals surface area contributed by atoms with E-state index >= 15 is 0 Å². The van der Waals surface area contributed by atoms with E-state index in [0.29, 0.717) is 29.4 Å². The van der Waals surface area contributed by atoms with E-state index in [9.17, 15) is 14.7 Å². The van der Waals surface area contributed by atoms with E-state index in [0.717, 1.165) is 17.5 Å². The van der Waals surface area contributed by atoms with E-state index in [1.54, 1.807) is 36.4 Å². The van der Waals surface area contributed by atoms with Crippen LogP contribution in [0.5, 0.6) is 5.75 Å². The largest absolute Gasteiger partial charge is 0.507 e. The zero-order chi connectivity index (χ0) is 22.8. The molecule has 6 heteroatoms. The third-order valence-electron chi connectivity index (χ3n) is 5.34. The van der Waals surface area contributed by atoms with Crippen molar-refractivity contribution in [2.75, 3.05) is 11.5 Å². The van der Waals surface area contributed by atoms with Gasteiger partial charge in [0.05, 0.1) is 18.4 Å². The number of aliphatic hydroxyl groups excluding tert-OH is 1. The molecule has 0 radical (unpaired) electrons. The molecule has 4 rings (SSSR count). The molecule has 6 nitrogen and oxygen atoms in total. The summed E-state index contributed by atoms with van der Waals surface area (Å²) in [5, 5.41) is 11.1. The van der Waals surface area contributed by atoms with Gasteiger partial charge in [-0.25, -0.2) is 0 Å². The van der Waals surface area contributed by atoms with Gasteiger partial charge in [0.1, 0.15) is 23.3 Å². The smallest absolute Gasteiger partial charge is 0.300 e. The highest BCUT2D eigenvalue weighted by Gasteiger charge is 2.48. The number of ketones is 1. The molecule has 1 atom stereocenters. The minimum Gasteiger partial charge on any atom is -0.507 e. The van der Waals surface area contributed by atoms with Crippen LogP contribution in [-0.4, -0.2) is 23.4 Å². The van der Waals surface area contributed by atoms with Crippen LogP contribution in [0, 0.1) is 13.8 Å². The third kappa shape index (κ3) is 3.91. The molecule has 1 saturated heterocycles. The summed E-state index contributed by atoms with van der Waals surface area (Å²) in [6.07, 6.45) is 2.36. The van der Waals surface area contributed by atoms with Gasteiger partial charge < -0.3 is 14.3 Å². The molecule has 164 valence electrons. The van der Waals surface area contributed by atoms with Crippen molar-refractivity contribution in [3.05, 3.63) is 88.9 Å². The van der Waals surface area contributed by atoms with E-state index in [-0.39, 0.29) is 11.3 Å². The van der Waals surface area contributed by atoms with E-state index in [2.05, 4.69) is 0 Å². The molecule has 1 N–H and O–H groups in total. The molecule has 0 bridgehead atoms. The van der Waals surface area contributed by atoms with Crippen molar-refractivity contribution >= 4 is 23.1 Å². The summed E-state index contributed by atoms with van der Waals surface area (Å²) in [6, 6.07) is 15.0. The zero-order valence-electron chi connectivity index (χ0n) is 18.3. The number of benzene rings is 2. The molecule has 0 spiro atoms. The first-order valence-electron chi connectivity index (χ1n) is 10.6. The number of nitrogens with zero attached hydrogens (tertiary/aromatic N) is 1. The van der Waals surface area contributed by atoms with Crippen LogP contribution >= 0.6 is 0 Å². The number of amides is 1. The van der Waals surface area contributed by atoms with Gasteiger partial charge in [-0.15, -0.1) is 0 Å². The molecule has 3 aromatic rings. The quantitative estimate of drug-likeness (QED) is 0.325. The molecule has 1 fully saturated rings. The standard InChI is InChI=1S/C26H25NO5/c1-4-11-31-20-9-7-18(8-10-20)24(28)22-23(21-6-5-12-32-21)27(26(30)25(22)29)19-14-16(2)13-17(3)15-19/h5-10,12-15,23,28H,4,11H2,1-3H3/b24-22-. The first-order valence-corrected chi connectivity index (χ1v) is 10.6. The van der Waals surface area contributed by atoms with Crippen LogP contribution in [0.15, 0.2) is 70.9 Å². The molecule has 1 aromatic heterocycles. The highest BCUT2D eigenvalue weighted by Crippen LogP contribution is 2.42. The van der Waals surface area contributed by atoms with Crippen molar-refractivity contribution in [2.24, 2.45) is 0 Å². The molecule has 2 heterocycles. The summed E-state index contributed by atoms with van der Waals surface area (Å²) in [5.41, 5.74) is 2.91. The van der Waals surface area contributed by atoms with Crippen LogP contribution in [0.3, 0.4) is 0 Å². The lowest BCUT2D eigenvalue weighted by Gasteiger charge is -2.24. The molecule has 1 amide bonds. The second-order valence-electron chi connectivity index (χ2n) is 7.90. The Kier molecular flexibility index (Phi) is 5.86. The van der Waals surface area contributed by atoms with Crippen molar-refractivity contribution in [3.8, 4) is 5.75 Å². The molecular weight excluding hydrogens is 406 g/mol. The van der Waals surface area contributed by atoms with Gasteiger partial charge in [-0.2, -0.15) is 0 Å². The first-order chi connectivity index (χ1) is 15.4. The second kappa shape index (κ2) is 8.75. The van der Waals surface area contributed by atoms with Gasteiger partial charge in [-0.1, -0.05) is 13.0 Å². The molecule has 1 unspecified atom stereocenters. The number of anilines is 1.